The number of nitrogens with one attached hydrogen (secondary N) is 1. The highest BCUT2D eigenvalue weighted by Gasteiger charge is 2.08. The standard InChI is InChI=1S/C21H33N5.HI/c1-6-26(7-2)16-19-12-10-18(11-13-19)15-23-21(22-3)25(5)17-20-9-8-14-24(20)4;/h8-14H,6-7,15-17H2,1-5H3,(H,22,23);1H. The van der Waals surface area contributed by atoms with Gasteiger partial charge in [0.25, 0.3) is 0 Å². The molecule has 0 bridgehead atoms. The molecule has 27 heavy (non-hydrogen) atoms. The first-order valence-electron chi connectivity index (χ1n) is 9.39. The van der Waals surface area contributed by atoms with Gasteiger partial charge in [-0.25, -0.2) is 0 Å². The topological polar surface area (TPSA) is 35.8 Å². The number of rotatable bonds is 8. The molecule has 0 spiro atoms. The molecule has 1 N–H and O–H groups in total. The van der Waals surface area contributed by atoms with Gasteiger partial charge in [-0.05, 0) is 36.3 Å². The van der Waals surface area contributed by atoms with Crippen LogP contribution in [0.4, 0.5) is 0 Å². The Kier molecular flexibility index (Phi) is 10.5. The minimum atomic E-state index is 0. The van der Waals surface area contributed by atoms with Gasteiger partial charge in [0.15, 0.2) is 5.96 Å². The van der Waals surface area contributed by atoms with Gasteiger partial charge in [0.2, 0.25) is 0 Å². The molecule has 5 nitrogen and oxygen atoms in total. The van der Waals surface area contributed by atoms with Gasteiger partial charge in [0, 0.05) is 46.1 Å². The molecule has 0 atom stereocenters. The summed E-state index contributed by atoms with van der Waals surface area (Å²) in [6.45, 7) is 9.20. The average Bonchev–Trinajstić information content (AvgIpc) is 3.06. The lowest BCUT2D eigenvalue weighted by molar-refractivity contribution is 0.296. The fourth-order valence-corrected chi connectivity index (χ4v) is 3.01. The van der Waals surface area contributed by atoms with Crippen LogP contribution in [0.5, 0.6) is 0 Å². The highest BCUT2D eigenvalue weighted by atomic mass is 127. The van der Waals surface area contributed by atoms with E-state index in [2.05, 4.69) is 95.2 Å². The van der Waals surface area contributed by atoms with Crippen molar-refractivity contribution in [1.82, 2.24) is 19.7 Å². The maximum Gasteiger partial charge on any atom is 0.194 e. The molecule has 0 unspecified atom stereocenters. The summed E-state index contributed by atoms with van der Waals surface area (Å²) in [6.07, 6.45) is 2.07. The van der Waals surface area contributed by atoms with Gasteiger partial charge in [0.05, 0.1) is 6.54 Å². The maximum atomic E-state index is 4.41. The van der Waals surface area contributed by atoms with Crippen LogP contribution in [0.2, 0.25) is 0 Å². The molecule has 150 valence electrons. The first-order valence-corrected chi connectivity index (χ1v) is 9.39. The van der Waals surface area contributed by atoms with Crippen LogP contribution in [0, 0.1) is 0 Å². The average molecular weight is 483 g/mol. The van der Waals surface area contributed by atoms with Gasteiger partial charge in [0.1, 0.15) is 0 Å². The number of aromatic nitrogens is 1. The lowest BCUT2D eigenvalue weighted by atomic mass is 10.1. The van der Waals surface area contributed by atoms with Crippen LogP contribution in [-0.2, 0) is 26.7 Å². The molecule has 0 saturated carbocycles. The van der Waals surface area contributed by atoms with E-state index in [0.29, 0.717) is 0 Å². The molecule has 0 radical (unpaired) electrons. The Morgan fingerprint density at radius 1 is 1.04 bits per heavy atom. The van der Waals surface area contributed by atoms with Crippen molar-refractivity contribution < 1.29 is 0 Å². The third kappa shape index (κ3) is 7.18. The lowest BCUT2D eigenvalue weighted by Crippen LogP contribution is -2.38. The van der Waals surface area contributed by atoms with Crippen LogP contribution < -0.4 is 5.32 Å². The van der Waals surface area contributed by atoms with Crippen LogP contribution in [0.25, 0.3) is 0 Å². The van der Waals surface area contributed by atoms with Crippen LogP contribution in [-0.4, -0.2) is 47.5 Å². The van der Waals surface area contributed by atoms with Crippen molar-refractivity contribution in [3.8, 4) is 0 Å². The van der Waals surface area contributed by atoms with E-state index in [1.165, 1.54) is 16.8 Å². The third-order valence-electron chi connectivity index (χ3n) is 4.80. The summed E-state index contributed by atoms with van der Waals surface area (Å²) < 4.78 is 2.14. The van der Waals surface area contributed by atoms with Crippen molar-refractivity contribution >= 4 is 29.9 Å². The fraction of sp³-hybridized carbons (Fsp3) is 0.476. The van der Waals surface area contributed by atoms with Gasteiger partial charge >= 0.3 is 0 Å². The molecule has 0 amide bonds. The third-order valence-corrected chi connectivity index (χ3v) is 4.80. The predicted octanol–water partition coefficient (Wildman–Crippen LogP) is 3.69. The highest BCUT2D eigenvalue weighted by Crippen LogP contribution is 2.08. The number of aryl methyl sites for hydroxylation is 1. The Balaban J connectivity index is 0.00000364. The lowest BCUT2D eigenvalue weighted by Gasteiger charge is -2.22. The van der Waals surface area contributed by atoms with Crippen molar-refractivity contribution in [3.63, 3.8) is 0 Å². The molecule has 1 aromatic carbocycles. The maximum absolute atomic E-state index is 4.41. The van der Waals surface area contributed by atoms with Crippen molar-refractivity contribution in [1.29, 1.82) is 0 Å². The molecule has 1 heterocycles. The molecule has 0 aliphatic carbocycles. The van der Waals surface area contributed by atoms with E-state index >= 15 is 0 Å². The Labute approximate surface area is 181 Å². The Morgan fingerprint density at radius 2 is 1.67 bits per heavy atom. The van der Waals surface area contributed by atoms with Crippen molar-refractivity contribution in [2.45, 2.75) is 33.5 Å². The van der Waals surface area contributed by atoms with Gasteiger partial charge in [-0.15, -0.1) is 24.0 Å². The van der Waals surface area contributed by atoms with E-state index in [0.717, 1.165) is 38.7 Å². The van der Waals surface area contributed by atoms with E-state index in [-0.39, 0.29) is 24.0 Å². The minimum Gasteiger partial charge on any atom is -0.353 e. The summed E-state index contributed by atoms with van der Waals surface area (Å²) in [5.74, 6) is 0.901. The second kappa shape index (κ2) is 12.0. The number of nitrogens with zero attached hydrogens (tertiary/aromatic N) is 4. The van der Waals surface area contributed by atoms with Gasteiger partial charge in [-0.2, -0.15) is 0 Å². The minimum absolute atomic E-state index is 0. The number of guanidine groups is 1. The number of benzene rings is 1. The molecule has 0 aliphatic rings. The normalized spacial score (nSPS) is 11.4. The molecular formula is C21H34IN5. The SMILES string of the molecule is CCN(CC)Cc1ccc(CNC(=NC)N(C)Cc2cccn2C)cc1.I. The zero-order valence-electron chi connectivity index (χ0n) is 17.3. The second-order valence-corrected chi connectivity index (χ2v) is 6.65. The molecule has 0 saturated heterocycles. The number of halogens is 1. The Bertz CT molecular complexity index is 689. The number of hydrogen-bond acceptors (Lipinski definition) is 2. The fourth-order valence-electron chi connectivity index (χ4n) is 3.01. The number of aliphatic imine (C=N–C) groups is 1. The van der Waals surface area contributed by atoms with E-state index in [1.54, 1.807) is 0 Å². The van der Waals surface area contributed by atoms with E-state index in [4.69, 9.17) is 0 Å². The monoisotopic (exact) mass is 483 g/mol. The van der Waals surface area contributed by atoms with Crippen LogP contribution in [0.15, 0.2) is 47.6 Å². The summed E-state index contributed by atoms with van der Waals surface area (Å²) in [4.78, 5) is 8.98. The van der Waals surface area contributed by atoms with Crippen molar-refractivity contribution in [2.75, 3.05) is 27.2 Å². The predicted molar refractivity (Wildman–Crippen MR) is 126 cm³/mol. The van der Waals surface area contributed by atoms with E-state index in [1.807, 2.05) is 7.05 Å². The zero-order chi connectivity index (χ0) is 18.9. The smallest absolute Gasteiger partial charge is 0.194 e. The summed E-state index contributed by atoms with van der Waals surface area (Å²) >= 11 is 0. The summed E-state index contributed by atoms with van der Waals surface area (Å²) in [5.41, 5.74) is 3.89. The Hall–Kier alpha value is -1.54. The van der Waals surface area contributed by atoms with Crippen LogP contribution in [0.1, 0.15) is 30.7 Å². The molecule has 2 rings (SSSR count). The summed E-state index contributed by atoms with van der Waals surface area (Å²) in [5, 5.41) is 3.46. The first-order chi connectivity index (χ1) is 12.6. The molecule has 6 heteroatoms. The van der Waals surface area contributed by atoms with Crippen LogP contribution >= 0.6 is 24.0 Å². The quantitative estimate of drug-likeness (QED) is 0.354. The van der Waals surface area contributed by atoms with Gasteiger partial charge < -0.3 is 14.8 Å². The van der Waals surface area contributed by atoms with Gasteiger partial charge in [-0.3, -0.25) is 9.89 Å². The molecule has 0 fully saturated rings. The van der Waals surface area contributed by atoms with Gasteiger partial charge in [-0.1, -0.05) is 38.1 Å². The molecular weight excluding hydrogens is 449 g/mol. The van der Waals surface area contributed by atoms with E-state index in [9.17, 15) is 0 Å². The van der Waals surface area contributed by atoms with Crippen molar-refractivity contribution in [3.05, 3.63) is 59.4 Å². The highest BCUT2D eigenvalue weighted by molar-refractivity contribution is 14.0. The largest absolute Gasteiger partial charge is 0.353 e. The van der Waals surface area contributed by atoms with Crippen molar-refractivity contribution in [2.24, 2.45) is 12.0 Å². The zero-order valence-corrected chi connectivity index (χ0v) is 19.6. The molecule has 1 aromatic heterocycles. The van der Waals surface area contributed by atoms with Crippen LogP contribution in [0.3, 0.4) is 0 Å². The molecule has 2 aromatic rings. The second-order valence-electron chi connectivity index (χ2n) is 6.65. The number of hydrogen-bond donors (Lipinski definition) is 1. The first kappa shape index (κ1) is 23.5. The van der Waals surface area contributed by atoms with E-state index < -0.39 is 0 Å². The molecule has 0 aliphatic heterocycles. The summed E-state index contributed by atoms with van der Waals surface area (Å²) in [7, 11) is 5.96. The Morgan fingerprint density at radius 3 is 2.19 bits per heavy atom. The summed E-state index contributed by atoms with van der Waals surface area (Å²) in [6, 6.07) is 13.1.